The van der Waals surface area contributed by atoms with Gasteiger partial charge in [0.15, 0.2) is 5.65 Å². The molecular weight excluding hydrogens is 553 g/mol. The molecule has 0 aromatic carbocycles. The lowest BCUT2D eigenvalue weighted by molar-refractivity contribution is 0.0218. The van der Waals surface area contributed by atoms with Gasteiger partial charge >= 0.3 is 11.8 Å². The monoisotopic (exact) mass is 589 g/mol. The number of fused-ring (bicyclic) bond motifs is 1. The zero-order valence-electron chi connectivity index (χ0n) is 24.3. The normalized spacial score (nSPS) is 16.4. The van der Waals surface area contributed by atoms with Crippen LogP contribution in [0, 0.1) is 0 Å². The predicted octanol–water partition coefficient (Wildman–Crippen LogP) is 5.11. The molecule has 1 aliphatic heterocycles. The van der Waals surface area contributed by atoms with Gasteiger partial charge in [-0.1, -0.05) is 37.0 Å². The van der Waals surface area contributed by atoms with E-state index in [1.807, 2.05) is 71.5 Å². The van der Waals surface area contributed by atoms with Crippen LogP contribution >= 0.6 is 23.2 Å². The van der Waals surface area contributed by atoms with E-state index in [0.717, 1.165) is 11.3 Å². The van der Waals surface area contributed by atoms with E-state index in [1.54, 1.807) is 17.2 Å². The second-order valence-electron chi connectivity index (χ2n) is 11.8. The van der Waals surface area contributed by atoms with Crippen molar-refractivity contribution in [3.8, 4) is 5.69 Å². The first-order valence-corrected chi connectivity index (χ1v) is 14.1. The molecule has 0 aliphatic carbocycles. The molecule has 3 aromatic rings. The van der Waals surface area contributed by atoms with E-state index in [4.69, 9.17) is 27.9 Å². The average molecular weight is 591 g/mol. The standard InChI is InChI=1S/C28H37Cl2N7O3/c1-16(2)21-22(18(9-10-31-21)15-34(7)8)37-25-19(13-20(29)23(30)32-25)24(33-26(37)38)36-12-11-35(14-17(36)3)27(39)40-28(4,5)6/h9-10,13,16-17H,11-12,14-15H2,1-8H3/t17-/m0/s1. The number of piperazine rings is 1. The number of aromatic nitrogens is 4. The van der Waals surface area contributed by atoms with Gasteiger partial charge in [-0.2, -0.15) is 4.98 Å². The first-order chi connectivity index (χ1) is 18.7. The molecule has 0 unspecified atom stereocenters. The zero-order valence-corrected chi connectivity index (χ0v) is 25.8. The highest BCUT2D eigenvalue weighted by molar-refractivity contribution is 6.41. The number of rotatable bonds is 5. The van der Waals surface area contributed by atoms with Crippen LogP contribution in [-0.2, 0) is 11.3 Å². The summed E-state index contributed by atoms with van der Waals surface area (Å²) < 4.78 is 7.07. The third-order valence-corrected chi connectivity index (χ3v) is 7.28. The van der Waals surface area contributed by atoms with Crippen molar-refractivity contribution >= 4 is 46.1 Å². The van der Waals surface area contributed by atoms with Crippen LogP contribution in [0.2, 0.25) is 10.2 Å². The van der Waals surface area contributed by atoms with Gasteiger partial charge < -0.3 is 19.4 Å². The third kappa shape index (κ3) is 6.19. The van der Waals surface area contributed by atoms with E-state index in [2.05, 4.69) is 15.0 Å². The van der Waals surface area contributed by atoms with Gasteiger partial charge in [-0.15, -0.1) is 0 Å². The van der Waals surface area contributed by atoms with Crippen LogP contribution in [0.5, 0.6) is 0 Å². The number of nitrogens with zero attached hydrogens (tertiary/aromatic N) is 7. The minimum Gasteiger partial charge on any atom is -0.444 e. The molecule has 4 heterocycles. The second kappa shape index (κ2) is 11.5. The van der Waals surface area contributed by atoms with Crippen LogP contribution in [0.25, 0.3) is 16.7 Å². The van der Waals surface area contributed by atoms with Crippen LogP contribution in [0.1, 0.15) is 58.7 Å². The zero-order chi connectivity index (χ0) is 29.5. The van der Waals surface area contributed by atoms with Crippen LogP contribution in [0.3, 0.4) is 0 Å². The summed E-state index contributed by atoms with van der Waals surface area (Å²) in [5.41, 5.74) is 1.58. The number of hydrogen-bond acceptors (Lipinski definition) is 8. The van der Waals surface area contributed by atoms with E-state index < -0.39 is 11.3 Å². The first-order valence-electron chi connectivity index (χ1n) is 13.3. The number of amides is 1. The van der Waals surface area contributed by atoms with Crippen LogP contribution in [0.15, 0.2) is 23.1 Å². The topological polar surface area (TPSA) is 96.7 Å². The summed E-state index contributed by atoms with van der Waals surface area (Å²) >= 11 is 12.9. The summed E-state index contributed by atoms with van der Waals surface area (Å²) in [7, 11) is 3.93. The summed E-state index contributed by atoms with van der Waals surface area (Å²) in [6.07, 6.45) is 1.39. The van der Waals surface area contributed by atoms with Crippen molar-refractivity contribution in [3.05, 3.63) is 50.2 Å². The fourth-order valence-electron chi connectivity index (χ4n) is 4.93. The second-order valence-corrected chi connectivity index (χ2v) is 12.5. The number of carbonyl (C=O) groups excluding carboxylic acids is 1. The lowest BCUT2D eigenvalue weighted by Gasteiger charge is -2.41. The Morgan fingerprint density at radius 2 is 1.90 bits per heavy atom. The molecular formula is C28H37Cl2N7O3. The van der Waals surface area contributed by atoms with E-state index >= 15 is 0 Å². The van der Waals surface area contributed by atoms with E-state index in [-0.39, 0.29) is 28.2 Å². The molecule has 0 spiro atoms. The van der Waals surface area contributed by atoms with Crippen molar-refractivity contribution in [1.29, 1.82) is 0 Å². The fourth-order valence-corrected chi connectivity index (χ4v) is 5.22. The summed E-state index contributed by atoms with van der Waals surface area (Å²) in [6, 6.07) is 3.45. The number of ether oxygens (including phenoxy) is 1. The Kier molecular flexibility index (Phi) is 8.63. The minimum absolute atomic E-state index is 0.0301. The summed E-state index contributed by atoms with van der Waals surface area (Å²) in [5.74, 6) is 0.477. The quantitative estimate of drug-likeness (QED) is 0.378. The van der Waals surface area contributed by atoms with Gasteiger partial charge in [0.1, 0.15) is 16.6 Å². The van der Waals surface area contributed by atoms with Crippen molar-refractivity contribution in [2.24, 2.45) is 0 Å². The molecule has 1 aliphatic rings. The summed E-state index contributed by atoms with van der Waals surface area (Å²) in [4.78, 5) is 46.2. The van der Waals surface area contributed by atoms with Crippen LogP contribution in [-0.4, -0.2) is 80.8 Å². The number of halogens is 2. The molecule has 1 amide bonds. The number of anilines is 1. The van der Waals surface area contributed by atoms with Gasteiger partial charge in [0.05, 0.1) is 21.8 Å². The number of carbonyl (C=O) groups is 1. The molecule has 4 rings (SSSR count). The minimum atomic E-state index is -0.589. The highest BCUT2D eigenvalue weighted by atomic mass is 35.5. The van der Waals surface area contributed by atoms with Gasteiger partial charge in [-0.05, 0) is 65.4 Å². The molecule has 0 N–H and O–H groups in total. The van der Waals surface area contributed by atoms with Crippen LogP contribution < -0.4 is 10.6 Å². The van der Waals surface area contributed by atoms with Crippen molar-refractivity contribution in [3.63, 3.8) is 0 Å². The fraction of sp³-hybridized carbons (Fsp3) is 0.536. The maximum atomic E-state index is 13.9. The van der Waals surface area contributed by atoms with Gasteiger partial charge in [0, 0.05) is 38.4 Å². The summed E-state index contributed by atoms with van der Waals surface area (Å²) in [6.45, 7) is 13.4. The van der Waals surface area contributed by atoms with Crippen molar-refractivity contribution in [2.45, 2.75) is 65.6 Å². The maximum Gasteiger partial charge on any atom is 0.410 e. The first kappa shape index (κ1) is 30.0. The number of hydrogen-bond donors (Lipinski definition) is 0. The van der Waals surface area contributed by atoms with Crippen molar-refractivity contribution in [2.75, 3.05) is 38.6 Å². The van der Waals surface area contributed by atoms with E-state index in [9.17, 15) is 9.59 Å². The van der Waals surface area contributed by atoms with E-state index in [1.165, 1.54) is 4.57 Å². The Bertz CT molecular complexity index is 1480. The molecule has 1 saturated heterocycles. The molecule has 0 radical (unpaired) electrons. The predicted molar refractivity (Wildman–Crippen MR) is 159 cm³/mol. The lowest BCUT2D eigenvalue weighted by atomic mass is 10.0. The lowest BCUT2D eigenvalue weighted by Crippen LogP contribution is -2.55. The molecule has 0 saturated carbocycles. The molecule has 10 nitrogen and oxygen atoms in total. The Morgan fingerprint density at radius 3 is 2.50 bits per heavy atom. The molecule has 0 bridgehead atoms. The SMILES string of the molecule is CC(C)c1nccc(CN(C)C)c1-n1c(=O)nc(N2CCN(C(=O)OC(C)(C)C)C[C@@H]2C)c2cc(Cl)c(Cl)nc21. The van der Waals surface area contributed by atoms with Gasteiger partial charge in [-0.25, -0.2) is 19.1 Å². The average Bonchev–Trinajstić information content (AvgIpc) is 2.83. The molecule has 1 fully saturated rings. The third-order valence-electron chi connectivity index (χ3n) is 6.60. The molecule has 40 heavy (non-hydrogen) atoms. The van der Waals surface area contributed by atoms with Gasteiger partial charge in [0.25, 0.3) is 0 Å². The van der Waals surface area contributed by atoms with Crippen molar-refractivity contribution in [1.82, 2.24) is 29.3 Å². The summed E-state index contributed by atoms with van der Waals surface area (Å²) in [5, 5.41) is 0.929. The Morgan fingerprint density at radius 1 is 1.20 bits per heavy atom. The molecule has 1 atom stereocenters. The molecule has 216 valence electrons. The Labute approximate surface area is 244 Å². The highest BCUT2D eigenvalue weighted by Gasteiger charge is 2.32. The number of pyridine rings is 2. The van der Waals surface area contributed by atoms with E-state index in [0.29, 0.717) is 48.7 Å². The van der Waals surface area contributed by atoms with Gasteiger partial charge in [0.2, 0.25) is 0 Å². The maximum absolute atomic E-state index is 13.9. The Hall–Kier alpha value is -2.95. The molecule has 3 aromatic heterocycles. The van der Waals surface area contributed by atoms with Crippen molar-refractivity contribution < 1.29 is 9.53 Å². The largest absolute Gasteiger partial charge is 0.444 e. The van der Waals surface area contributed by atoms with Crippen LogP contribution in [0.4, 0.5) is 10.6 Å². The molecule has 12 heteroatoms. The van der Waals surface area contributed by atoms with Gasteiger partial charge in [-0.3, -0.25) is 4.98 Å². The Balaban J connectivity index is 1.88. The highest BCUT2D eigenvalue weighted by Crippen LogP contribution is 2.34. The smallest absolute Gasteiger partial charge is 0.410 e.